The van der Waals surface area contributed by atoms with Gasteiger partial charge < -0.3 is 9.47 Å². The molecule has 0 aromatic heterocycles. The molecule has 0 bridgehead atoms. The lowest BCUT2D eigenvalue weighted by atomic mass is 9.87. The van der Waals surface area contributed by atoms with Crippen molar-refractivity contribution >= 4 is 12.4 Å². The zero-order valence-corrected chi connectivity index (χ0v) is 11.9. The molecule has 1 atom stereocenters. The highest BCUT2D eigenvalue weighted by molar-refractivity contribution is 5.76. The van der Waals surface area contributed by atoms with Gasteiger partial charge in [0, 0.05) is 5.92 Å². The van der Waals surface area contributed by atoms with Crippen LogP contribution in [0.25, 0.3) is 0 Å². The average Bonchev–Trinajstić information content (AvgIpc) is 2.36. The molecule has 0 radical (unpaired) electrons. The van der Waals surface area contributed by atoms with E-state index in [4.69, 9.17) is 9.47 Å². The van der Waals surface area contributed by atoms with Gasteiger partial charge in [0.2, 0.25) is 6.10 Å². The molecule has 4 heteroatoms. The largest absolute Gasteiger partial charge is 0.463 e. The minimum Gasteiger partial charge on any atom is -0.463 e. The van der Waals surface area contributed by atoms with E-state index < -0.39 is 6.10 Å². The molecule has 0 aromatic rings. The number of esters is 1. The lowest BCUT2D eigenvalue weighted by Crippen LogP contribution is -2.34. The molecule has 0 aliphatic heterocycles. The SMILES string of the molecule is CCCCOC(=O)C(OC=O)C1CCCCCCC1. The summed E-state index contributed by atoms with van der Waals surface area (Å²) in [6.45, 7) is 2.84. The summed E-state index contributed by atoms with van der Waals surface area (Å²) < 4.78 is 10.2. The fourth-order valence-corrected chi connectivity index (χ4v) is 2.61. The third-order valence-corrected chi connectivity index (χ3v) is 3.75. The van der Waals surface area contributed by atoms with Gasteiger partial charge in [0.25, 0.3) is 6.47 Å². The molecule has 1 fully saturated rings. The number of rotatable bonds is 7. The molecule has 0 heterocycles. The molecule has 1 unspecified atom stereocenters. The Labute approximate surface area is 115 Å². The van der Waals surface area contributed by atoms with Crippen LogP contribution in [0.3, 0.4) is 0 Å². The maximum Gasteiger partial charge on any atom is 0.347 e. The van der Waals surface area contributed by atoms with E-state index in [1.54, 1.807) is 0 Å². The van der Waals surface area contributed by atoms with E-state index in [0.717, 1.165) is 38.5 Å². The van der Waals surface area contributed by atoms with Crippen molar-refractivity contribution in [1.29, 1.82) is 0 Å². The fourth-order valence-electron chi connectivity index (χ4n) is 2.61. The number of unbranched alkanes of at least 4 members (excludes halogenated alkanes) is 1. The number of hydrogen-bond acceptors (Lipinski definition) is 4. The van der Waals surface area contributed by atoms with Crippen LogP contribution < -0.4 is 0 Å². The van der Waals surface area contributed by atoms with Crippen molar-refractivity contribution in [1.82, 2.24) is 0 Å². The Morgan fingerprint density at radius 2 is 1.84 bits per heavy atom. The standard InChI is InChI=1S/C15H26O4/c1-2-3-11-18-15(17)14(19-12-16)13-9-7-5-4-6-8-10-13/h12-14H,2-11H2,1H3. The first kappa shape index (κ1) is 16.0. The Bertz CT molecular complexity index is 257. The van der Waals surface area contributed by atoms with Crippen molar-refractivity contribution in [2.45, 2.75) is 70.8 Å². The molecule has 0 N–H and O–H groups in total. The first-order chi connectivity index (χ1) is 9.29. The quantitative estimate of drug-likeness (QED) is 0.405. The Balaban J connectivity index is 2.52. The first-order valence-corrected chi connectivity index (χ1v) is 7.55. The second-order valence-electron chi connectivity index (χ2n) is 5.28. The normalized spacial score (nSPS) is 19.0. The van der Waals surface area contributed by atoms with Gasteiger partial charge in [-0.15, -0.1) is 0 Å². The zero-order chi connectivity index (χ0) is 13.9. The molecule has 0 saturated heterocycles. The second kappa shape index (κ2) is 9.82. The number of hydrogen-bond donors (Lipinski definition) is 0. The van der Waals surface area contributed by atoms with Gasteiger partial charge in [-0.3, -0.25) is 4.79 Å². The topological polar surface area (TPSA) is 52.6 Å². The van der Waals surface area contributed by atoms with Crippen LogP contribution in [0.2, 0.25) is 0 Å². The molecular weight excluding hydrogens is 244 g/mol. The van der Waals surface area contributed by atoms with Crippen molar-refractivity contribution in [3.63, 3.8) is 0 Å². The van der Waals surface area contributed by atoms with Gasteiger partial charge in [-0.2, -0.15) is 0 Å². The second-order valence-corrected chi connectivity index (χ2v) is 5.28. The number of carbonyl (C=O) groups excluding carboxylic acids is 2. The van der Waals surface area contributed by atoms with Crippen LogP contribution in [0.4, 0.5) is 0 Å². The predicted molar refractivity (Wildman–Crippen MR) is 72.6 cm³/mol. The van der Waals surface area contributed by atoms with Crippen LogP contribution in [0.15, 0.2) is 0 Å². The maximum absolute atomic E-state index is 12.0. The minimum atomic E-state index is -0.701. The lowest BCUT2D eigenvalue weighted by Gasteiger charge is -2.25. The predicted octanol–water partition coefficient (Wildman–Crippen LogP) is 3.23. The van der Waals surface area contributed by atoms with Crippen LogP contribution in [0.1, 0.15) is 64.7 Å². The molecule has 1 rings (SSSR count). The summed E-state index contributed by atoms with van der Waals surface area (Å²) in [7, 11) is 0. The highest BCUT2D eigenvalue weighted by Crippen LogP contribution is 2.27. The van der Waals surface area contributed by atoms with Crippen molar-refractivity contribution in [2.75, 3.05) is 6.61 Å². The molecule has 1 saturated carbocycles. The van der Waals surface area contributed by atoms with E-state index in [9.17, 15) is 9.59 Å². The van der Waals surface area contributed by atoms with Crippen LogP contribution in [0, 0.1) is 5.92 Å². The van der Waals surface area contributed by atoms with Crippen molar-refractivity contribution in [2.24, 2.45) is 5.92 Å². The van der Waals surface area contributed by atoms with Crippen LogP contribution in [-0.4, -0.2) is 25.2 Å². The molecule has 0 spiro atoms. The summed E-state index contributed by atoms with van der Waals surface area (Å²) in [6.07, 6.45) is 8.91. The summed E-state index contributed by atoms with van der Waals surface area (Å²) in [4.78, 5) is 22.6. The van der Waals surface area contributed by atoms with E-state index in [1.165, 1.54) is 19.3 Å². The summed E-state index contributed by atoms with van der Waals surface area (Å²) >= 11 is 0. The highest BCUT2D eigenvalue weighted by atomic mass is 16.6. The van der Waals surface area contributed by atoms with E-state index in [1.807, 2.05) is 6.92 Å². The summed E-state index contributed by atoms with van der Waals surface area (Å²) in [5.41, 5.74) is 0. The van der Waals surface area contributed by atoms with Gasteiger partial charge in [-0.25, -0.2) is 4.79 Å². The number of ether oxygens (including phenoxy) is 2. The van der Waals surface area contributed by atoms with E-state index in [-0.39, 0.29) is 11.9 Å². The van der Waals surface area contributed by atoms with Gasteiger partial charge in [0.15, 0.2) is 0 Å². The van der Waals surface area contributed by atoms with Crippen LogP contribution in [-0.2, 0) is 19.1 Å². The van der Waals surface area contributed by atoms with Gasteiger partial charge in [0.1, 0.15) is 0 Å². The summed E-state index contributed by atoms with van der Waals surface area (Å²) in [5, 5.41) is 0. The first-order valence-electron chi connectivity index (χ1n) is 7.55. The number of carbonyl (C=O) groups is 2. The van der Waals surface area contributed by atoms with E-state index >= 15 is 0 Å². The smallest absolute Gasteiger partial charge is 0.347 e. The summed E-state index contributed by atoms with van der Waals surface area (Å²) in [6, 6.07) is 0. The molecule has 110 valence electrons. The van der Waals surface area contributed by atoms with Gasteiger partial charge >= 0.3 is 5.97 Å². The Hall–Kier alpha value is -1.06. The Morgan fingerprint density at radius 3 is 2.42 bits per heavy atom. The third-order valence-electron chi connectivity index (χ3n) is 3.75. The zero-order valence-electron chi connectivity index (χ0n) is 11.9. The van der Waals surface area contributed by atoms with Crippen molar-refractivity contribution in [3.8, 4) is 0 Å². The minimum absolute atomic E-state index is 0.125. The van der Waals surface area contributed by atoms with Crippen molar-refractivity contribution < 1.29 is 19.1 Å². The molecule has 1 aliphatic rings. The Morgan fingerprint density at radius 1 is 1.21 bits per heavy atom. The molecule has 19 heavy (non-hydrogen) atoms. The monoisotopic (exact) mass is 270 g/mol. The molecule has 0 aromatic carbocycles. The molecule has 0 amide bonds. The Kier molecular flexibility index (Phi) is 8.26. The van der Waals surface area contributed by atoms with Gasteiger partial charge in [0.05, 0.1) is 6.61 Å². The fraction of sp³-hybridized carbons (Fsp3) is 0.867. The molecular formula is C15H26O4. The van der Waals surface area contributed by atoms with E-state index in [0.29, 0.717) is 13.1 Å². The van der Waals surface area contributed by atoms with Crippen molar-refractivity contribution in [3.05, 3.63) is 0 Å². The highest BCUT2D eigenvalue weighted by Gasteiger charge is 2.31. The van der Waals surface area contributed by atoms with Gasteiger partial charge in [-0.05, 0) is 19.3 Å². The maximum atomic E-state index is 12.0. The lowest BCUT2D eigenvalue weighted by molar-refractivity contribution is -0.166. The summed E-state index contributed by atoms with van der Waals surface area (Å²) in [5.74, 6) is -0.245. The molecule has 4 nitrogen and oxygen atoms in total. The van der Waals surface area contributed by atoms with E-state index in [2.05, 4.69) is 0 Å². The van der Waals surface area contributed by atoms with Gasteiger partial charge in [-0.1, -0.05) is 45.4 Å². The van der Waals surface area contributed by atoms with Crippen LogP contribution in [0.5, 0.6) is 0 Å². The van der Waals surface area contributed by atoms with Crippen LogP contribution >= 0.6 is 0 Å². The third kappa shape index (κ3) is 6.08. The average molecular weight is 270 g/mol. The molecule has 1 aliphatic carbocycles.